The third-order valence-corrected chi connectivity index (χ3v) is 5.52. The van der Waals surface area contributed by atoms with E-state index in [1.807, 2.05) is 30.3 Å². The second-order valence-electron chi connectivity index (χ2n) is 7.47. The van der Waals surface area contributed by atoms with Crippen molar-refractivity contribution in [2.75, 3.05) is 7.11 Å². The van der Waals surface area contributed by atoms with Crippen molar-refractivity contribution >= 4 is 22.8 Å². The van der Waals surface area contributed by atoms with E-state index in [2.05, 4.69) is 13.8 Å². The molecule has 0 bridgehead atoms. The van der Waals surface area contributed by atoms with E-state index >= 15 is 0 Å². The number of benzene rings is 2. The number of methoxy groups -OCH3 is 1. The molecule has 2 aromatic carbocycles. The van der Waals surface area contributed by atoms with Crippen molar-refractivity contribution in [3.8, 4) is 5.75 Å². The number of carboxylic acid groups (broad SMARTS) is 1. The highest BCUT2D eigenvalue weighted by molar-refractivity contribution is 6.04. The number of rotatable bonds is 7. The summed E-state index contributed by atoms with van der Waals surface area (Å²) in [5, 5.41) is 10.1. The fourth-order valence-corrected chi connectivity index (χ4v) is 3.91. The number of nitrogens with zero attached hydrogens (tertiary/aromatic N) is 1. The average molecular weight is 393 g/mol. The number of carbonyl (C=O) groups excluding carboxylic acids is 1. The number of ether oxygens (including phenoxy) is 1. The smallest absolute Gasteiger partial charge is 0.307 e. The molecule has 5 heteroatoms. The highest BCUT2D eigenvalue weighted by Gasteiger charge is 2.22. The zero-order valence-corrected chi connectivity index (χ0v) is 17.4. The highest BCUT2D eigenvalue weighted by atomic mass is 16.5. The molecule has 29 heavy (non-hydrogen) atoms. The Labute approximate surface area is 170 Å². The van der Waals surface area contributed by atoms with E-state index in [0.29, 0.717) is 34.0 Å². The van der Waals surface area contributed by atoms with Crippen LogP contribution in [0.4, 0.5) is 0 Å². The van der Waals surface area contributed by atoms with Crippen LogP contribution in [0, 0.1) is 6.92 Å². The van der Waals surface area contributed by atoms with E-state index < -0.39 is 5.97 Å². The molecule has 0 aliphatic rings. The van der Waals surface area contributed by atoms with Gasteiger partial charge in [-0.25, -0.2) is 0 Å². The molecule has 0 saturated heterocycles. The molecule has 0 spiro atoms. The van der Waals surface area contributed by atoms with Crippen LogP contribution in [0.25, 0.3) is 10.9 Å². The first kappa shape index (κ1) is 20.6. The quantitative estimate of drug-likeness (QED) is 0.601. The Morgan fingerprint density at radius 3 is 2.41 bits per heavy atom. The molecule has 152 valence electrons. The lowest BCUT2D eigenvalue weighted by Gasteiger charge is -2.12. The molecule has 0 aliphatic carbocycles. The number of aliphatic carboxylic acids is 1. The van der Waals surface area contributed by atoms with Crippen LogP contribution in [0.15, 0.2) is 42.5 Å². The summed E-state index contributed by atoms with van der Waals surface area (Å²) < 4.78 is 6.90. The molecule has 0 fully saturated rings. The average Bonchev–Trinajstić information content (AvgIpc) is 2.98. The molecule has 1 N–H and O–H groups in total. The zero-order valence-electron chi connectivity index (χ0n) is 17.4. The van der Waals surface area contributed by atoms with Crippen molar-refractivity contribution in [2.24, 2.45) is 0 Å². The van der Waals surface area contributed by atoms with Crippen molar-refractivity contribution in [1.29, 1.82) is 0 Å². The summed E-state index contributed by atoms with van der Waals surface area (Å²) in [5.74, 6) is -0.0170. The van der Waals surface area contributed by atoms with Gasteiger partial charge in [0.25, 0.3) is 5.91 Å². The standard InChI is InChI=1S/C24H27NO4/c1-5-6-15(2)17-7-9-18(10-8-17)24(28)25-16(3)20(14-23(26)27)21-13-19(29-4)11-12-22(21)25/h7-13,15H,5-6,14H2,1-4H3,(H,26,27)/t15-/m1/s1. The second kappa shape index (κ2) is 8.52. The van der Waals surface area contributed by atoms with Crippen LogP contribution in [-0.4, -0.2) is 28.7 Å². The fourth-order valence-electron chi connectivity index (χ4n) is 3.91. The third kappa shape index (κ3) is 4.04. The van der Waals surface area contributed by atoms with Crippen LogP contribution in [-0.2, 0) is 11.2 Å². The number of fused-ring (bicyclic) bond motifs is 1. The predicted octanol–water partition coefficient (Wildman–Crippen LogP) is 5.18. The molecule has 0 amide bonds. The van der Waals surface area contributed by atoms with Crippen molar-refractivity contribution < 1.29 is 19.4 Å². The van der Waals surface area contributed by atoms with E-state index in [0.717, 1.165) is 18.2 Å². The van der Waals surface area contributed by atoms with Crippen LogP contribution in [0.2, 0.25) is 0 Å². The lowest BCUT2D eigenvalue weighted by molar-refractivity contribution is -0.136. The molecule has 1 atom stereocenters. The Balaban J connectivity index is 2.07. The van der Waals surface area contributed by atoms with E-state index in [-0.39, 0.29) is 12.3 Å². The zero-order chi connectivity index (χ0) is 21.1. The SMILES string of the molecule is CCC[C@@H](C)c1ccc(C(=O)n2c(C)c(CC(=O)O)c3cc(OC)ccc32)cc1. The Morgan fingerprint density at radius 2 is 1.83 bits per heavy atom. The normalized spacial score (nSPS) is 12.1. The van der Waals surface area contributed by atoms with E-state index in [9.17, 15) is 14.7 Å². The summed E-state index contributed by atoms with van der Waals surface area (Å²) in [5.41, 5.74) is 3.76. The molecular formula is C24H27NO4. The summed E-state index contributed by atoms with van der Waals surface area (Å²) in [4.78, 5) is 24.7. The van der Waals surface area contributed by atoms with Gasteiger partial charge in [-0.2, -0.15) is 0 Å². The summed E-state index contributed by atoms with van der Waals surface area (Å²) in [7, 11) is 1.56. The minimum absolute atomic E-state index is 0.150. The summed E-state index contributed by atoms with van der Waals surface area (Å²) >= 11 is 0. The van der Waals surface area contributed by atoms with Crippen LogP contribution in [0.1, 0.15) is 59.8 Å². The maximum absolute atomic E-state index is 13.3. The maximum Gasteiger partial charge on any atom is 0.307 e. The van der Waals surface area contributed by atoms with Crippen LogP contribution in [0.5, 0.6) is 5.75 Å². The van der Waals surface area contributed by atoms with Gasteiger partial charge in [0.1, 0.15) is 5.75 Å². The third-order valence-electron chi connectivity index (χ3n) is 5.52. The Hall–Kier alpha value is -3.08. The molecule has 0 unspecified atom stereocenters. The molecule has 5 nitrogen and oxygen atoms in total. The number of carbonyl (C=O) groups is 2. The maximum atomic E-state index is 13.3. The van der Waals surface area contributed by atoms with Gasteiger partial charge in [-0.15, -0.1) is 0 Å². The Morgan fingerprint density at radius 1 is 1.14 bits per heavy atom. The monoisotopic (exact) mass is 393 g/mol. The van der Waals surface area contributed by atoms with Gasteiger partial charge in [0, 0.05) is 16.6 Å². The first-order valence-electron chi connectivity index (χ1n) is 9.91. The number of hydrogen-bond donors (Lipinski definition) is 1. The number of carboxylic acids is 1. The van der Waals surface area contributed by atoms with E-state index in [1.165, 1.54) is 5.56 Å². The van der Waals surface area contributed by atoms with E-state index in [1.54, 1.807) is 30.7 Å². The largest absolute Gasteiger partial charge is 0.497 e. The van der Waals surface area contributed by atoms with Crippen LogP contribution < -0.4 is 4.74 Å². The Bertz CT molecular complexity index is 1050. The van der Waals surface area contributed by atoms with Gasteiger partial charge in [-0.3, -0.25) is 14.2 Å². The van der Waals surface area contributed by atoms with Gasteiger partial charge in [0.15, 0.2) is 0 Å². The Kier molecular flexibility index (Phi) is 6.06. The van der Waals surface area contributed by atoms with Crippen molar-refractivity contribution in [3.63, 3.8) is 0 Å². The lowest BCUT2D eigenvalue weighted by Crippen LogP contribution is -2.14. The van der Waals surface area contributed by atoms with Gasteiger partial charge in [-0.05, 0) is 60.7 Å². The van der Waals surface area contributed by atoms with Gasteiger partial charge < -0.3 is 9.84 Å². The topological polar surface area (TPSA) is 68.5 Å². The molecule has 1 aromatic heterocycles. The lowest BCUT2D eigenvalue weighted by atomic mass is 9.95. The van der Waals surface area contributed by atoms with E-state index in [4.69, 9.17) is 4.74 Å². The second-order valence-corrected chi connectivity index (χ2v) is 7.47. The van der Waals surface area contributed by atoms with Crippen molar-refractivity contribution in [1.82, 2.24) is 4.57 Å². The molecule has 3 rings (SSSR count). The first-order chi connectivity index (χ1) is 13.9. The molecule has 0 aliphatic heterocycles. The highest BCUT2D eigenvalue weighted by Crippen LogP contribution is 2.31. The minimum Gasteiger partial charge on any atom is -0.497 e. The molecule has 1 heterocycles. The van der Waals surface area contributed by atoms with Gasteiger partial charge in [-0.1, -0.05) is 32.4 Å². The molecule has 3 aromatic rings. The predicted molar refractivity (Wildman–Crippen MR) is 114 cm³/mol. The molecule has 0 radical (unpaired) electrons. The summed E-state index contributed by atoms with van der Waals surface area (Å²) in [6, 6.07) is 13.1. The molecule has 0 saturated carbocycles. The first-order valence-corrected chi connectivity index (χ1v) is 9.91. The minimum atomic E-state index is -0.934. The van der Waals surface area contributed by atoms with Crippen molar-refractivity contribution in [3.05, 3.63) is 64.8 Å². The number of aromatic nitrogens is 1. The van der Waals surface area contributed by atoms with Crippen molar-refractivity contribution in [2.45, 2.75) is 46.0 Å². The van der Waals surface area contributed by atoms with Gasteiger partial charge in [0.2, 0.25) is 0 Å². The molecular weight excluding hydrogens is 366 g/mol. The summed E-state index contributed by atoms with van der Waals surface area (Å²) in [6.07, 6.45) is 2.07. The summed E-state index contributed by atoms with van der Waals surface area (Å²) in [6.45, 7) is 6.15. The number of hydrogen-bond acceptors (Lipinski definition) is 3. The van der Waals surface area contributed by atoms with Crippen LogP contribution in [0.3, 0.4) is 0 Å². The van der Waals surface area contributed by atoms with Crippen LogP contribution >= 0.6 is 0 Å². The fraction of sp³-hybridized carbons (Fsp3) is 0.333. The van der Waals surface area contributed by atoms with Gasteiger partial charge >= 0.3 is 5.97 Å². The van der Waals surface area contributed by atoms with Gasteiger partial charge in [0.05, 0.1) is 19.0 Å².